The quantitative estimate of drug-likeness (QED) is 0.114. The van der Waals surface area contributed by atoms with Gasteiger partial charge in [-0.05, 0) is 44.1 Å². The third-order valence-corrected chi connectivity index (χ3v) is 9.64. The van der Waals surface area contributed by atoms with E-state index >= 15 is 0 Å². The van der Waals surface area contributed by atoms with Crippen LogP contribution in [0.25, 0.3) is 0 Å². The molecule has 3 rings (SSSR count). The van der Waals surface area contributed by atoms with E-state index in [1.54, 1.807) is 13.2 Å². The van der Waals surface area contributed by atoms with Gasteiger partial charge in [0.2, 0.25) is 5.79 Å². The number of carbonyl (C=O) groups is 2. The summed E-state index contributed by atoms with van der Waals surface area (Å²) in [4.78, 5) is 23.9. The Labute approximate surface area is 283 Å². The summed E-state index contributed by atoms with van der Waals surface area (Å²) in [6.07, 6.45) is 1.26. The first kappa shape index (κ1) is 39.5. The zero-order chi connectivity index (χ0) is 31.9. The third kappa shape index (κ3) is 9.47. The number of unbranched alkanes of at least 4 members (excludes halogenated alkanes) is 3. The number of carboxylic acids is 1. The van der Waals surface area contributed by atoms with Crippen LogP contribution in [-0.2, 0) is 38.0 Å². The molecule has 13 heteroatoms. The summed E-state index contributed by atoms with van der Waals surface area (Å²) in [6, 6.07) is 0. The Morgan fingerprint density at radius 2 is 1.80 bits per heavy atom. The molecule has 3 saturated heterocycles. The number of carboxylic acid groups (broad SMARTS) is 1. The van der Waals surface area contributed by atoms with Crippen LogP contribution in [0.2, 0.25) is 0 Å². The van der Waals surface area contributed by atoms with Gasteiger partial charge in [0, 0.05) is 32.5 Å². The summed E-state index contributed by atoms with van der Waals surface area (Å²) in [6.45, 7) is 9.91. The summed E-state index contributed by atoms with van der Waals surface area (Å²) in [5.41, 5.74) is -0.545. The number of nitrogens with one attached hydrogen (secondary N) is 1. The van der Waals surface area contributed by atoms with Crippen molar-refractivity contribution in [1.29, 1.82) is 0 Å². The van der Waals surface area contributed by atoms with E-state index in [0.29, 0.717) is 25.7 Å². The second-order valence-corrected chi connectivity index (χ2v) is 12.9. The molecule has 1 unspecified atom stereocenters. The van der Waals surface area contributed by atoms with E-state index in [4.69, 9.17) is 28.4 Å². The first-order chi connectivity index (χ1) is 20.3. The van der Waals surface area contributed by atoms with E-state index in [9.17, 15) is 24.9 Å². The number of allylic oxidation sites excluding steroid dienone is 1. The van der Waals surface area contributed by atoms with Crippen molar-refractivity contribution in [3.8, 4) is 0 Å². The van der Waals surface area contributed by atoms with E-state index < -0.39 is 65.9 Å². The third-order valence-electron chi connectivity index (χ3n) is 9.64. The number of carbonyl (C=O) groups excluding carboxylic acids is 2. The van der Waals surface area contributed by atoms with Crippen molar-refractivity contribution in [3.05, 3.63) is 12.2 Å². The van der Waals surface area contributed by atoms with E-state index in [0.717, 1.165) is 25.3 Å². The first-order valence-corrected chi connectivity index (χ1v) is 15.5. The Balaban J connectivity index is 0.00000675. The van der Waals surface area contributed by atoms with Crippen LogP contribution in [0.1, 0.15) is 79.6 Å². The molecule has 3 fully saturated rings. The molecule has 0 radical (unpaired) electrons. The standard InChI is InChI=1S/C31H53NO11.Na/c1-18-16-31(39-7,43-20(3)19(18)2)26(36)28(37)32-29-25-24(40-17-41-29)27(38-6)30(4,5)22(42-25)15-21(33)13-11-9-8-10-12-14-23(34)35;/h12,14,18-22,24-27,29,33,36H,8-11,13,15-17H2,1-7H3,(H,32,37)(H,34,35);/q;+1/p-1/b14-12+;/t18?,19-,20-,21-,22-,24+,25+,26-,27-,29-,31-;/m1./s1. The van der Waals surface area contributed by atoms with Gasteiger partial charge in [-0.25, -0.2) is 0 Å². The van der Waals surface area contributed by atoms with E-state index in [-0.39, 0.29) is 54.3 Å². The van der Waals surface area contributed by atoms with Crippen LogP contribution in [0.15, 0.2) is 12.2 Å². The summed E-state index contributed by atoms with van der Waals surface area (Å²) in [5, 5.41) is 35.3. The van der Waals surface area contributed by atoms with Gasteiger partial charge in [0.25, 0.3) is 5.91 Å². The molecule has 0 saturated carbocycles. The molecule has 3 N–H and O–H groups in total. The summed E-state index contributed by atoms with van der Waals surface area (Å²) in [7, 11) is 3.02. The van der Waals surface area contributed by atoms with Crippen LogP contribution in [0, 0.1) is 17.3 Å². The van der Waals surface area contributed by atoms with Crippen LogP contribution in [0.5, 0.6) is 0 Å². The molecule has 0 bridgehead atoms. The fourth-order valence-electron chi connectivity index (χ4n) is 6.62. The maximum absolute atomic E-state index is 13.4. The molecule has 11 atom stereocenters. The topological polar surface area (TPSA) is 165 Å². The number of aliphatic hydroxyl groups excluding tert-OH is 2. The monoisotopic (exact) mass is 637 g/mol. The molecule has 0 aliphatic carbocycles. The van der Waals surface area contributed by atoms with Gasteiger partial charge < -0.3 is 53.9 Å². The molecule has 44 heavy (non-hydrogen) atoms. The fourth-order valence-corrected chi connectivity index (χ4v) is 6.62. The number of methoxy groups -OCH3 is 2. The minimum Gasteiger partial charge on any atom is -0.545 e. The average Bonchev–Trinajstić information content (AvgIpc) is 2.95. The van der Waals surface area contributed by atoms with Crippen molar-refractivity contribution < 1.29 is 82.9 Å². The largest absolute Gasteiger partial charge is 1.00 e. The van der Waals surface area contributed by atoms with Crippen LogP contribution in [0.3, 0.4) is 0 Å². The number of aliphatic carboxylic acids is 1. The van der Waals surface area contributed by atoms with Crippen molar-refractivity contribution in [2.45, 2.75) is 134 Å². The molecule has 3 aliphatic heterocycles. The van der Waals surface area contributed by atoms with Gasteiger partial charge in [-0.3, -0.25) is 4.79 Å². The van der Waals surface area contributed by atoms with Crippen molar-refractivity contribution in [2.75, 3.05) is 21.0 Å². The number of rotatable bonds is 14. The predicted molar refractivity (Wildman–Crippen MR) is 153 cm³/mol. The fraction of sp³-hybridized carbons (Fsp3) is 0.871. The van der Waals surface area contributed by atoms with Crippen molar-refractivity contribution in [3.63, 3.8) is 0 Å². The number of hydrogen-bond acceptors (Lipinski definition) is 11. The van der Waals surface area contributed by atoms with Crippen LogP contribution in [0.4, 0.5) is 0 Å². The molecule has 1 amide bonds. The Bertz CT molecular complexity index is 938. The van der Waals surface area contributed by atoms with Gasteiger partial charge in [-0.15, -0.1) is 0 Å². The summed E-state index contributed by atoms with van der Waals surface area (Å²) >= 11 is 0. The molecule has 3 aliphatic rings. The van der Waals surface area contributed by atoms with E-state index in [1.807, 2.05) is 27.7 Å². The molecule has 0 spiro atoms. The number of fused-ring (bicyclic) bond motifs is 1. The van der Waals surface area contributed by atoms with Gasteiger partial charge in [0.1, 0.15) is 19.0 Å². The molecule has 12 nitrogen and oxygen atoms in total. The molecule has 3 heterocycles. The predicted octanol–water partition coefficient (Wildman–Crippen LogP) is -1.59. The van der Waals surface area contributed by atoms with Gasteiger partial charge in [0.15, 0.2) is 12.3 Å². The Morgan fingerprint density at radius 1 is 1.09 bits per heavy atom. The maximum atomic E-state index is 13.4. The summed E-state index contributed by atoms with van der Waals surface area (Å²) < 4.78 is 35.8. The van der Waals surface area contributed by atoms with Crippen molar-refractivity contribution in [1.82, 2.24) is 5.32 Å². The van der Waals surface area contributed by atoms with Gasteiger partial charge in [0.05, 0.1) is 30.4 Å². The Hall–Kier alpha value is -0.640. The number of ether oxygens (including phenoxy) is 6. The minimum atomic E-state index is -1.62. The maximum Gasteiger partial charge on any atom is 1.00 e. The van der Waals surface area contributed by atoms with Crippen LogP contribution < -0.4 is 40.0 Å². The van der Waals surface area contributed by atoms with Crippen LogP contribution in [-0.4, -0.2) is 97.8 Å². The van der Waals surface area contributed by atoms with Crippen molar-refractivity contribution in [2.24, 2.45) is 17.3 Å². The van der Waals surface area contributed by atoms with Crippen LogP contribution >= 0.6 is 0 Å². The van der Waals surface area contributed by atoms with Gasteiger partial charge in [-0.1, -0.05) is 46.6 Å². The molecule has 0 aromatic carbocycles. The zero-order valence-electron chi connectivity index (χ0n) is 27.7. The van der Waals surface area contributed by atoms with E-state index in [2.05, 4.69) is 12.2 Å². The molecule has 0 aromatic rings. The van der Waals surface area contributed by atoms with E-state index in [1.165, 1.54) is 7.11 Å². The Kier molecular flexibility index (Phi) is 15.7. The van der Waals surface area contributed by atoms with Gasteiger partial charge >= 0.3 is 29.6 Å². The SMILES string of the molecule is CO[C@@H]1[C@H]2OCO[C@@H](NC(=O)[C@@H](O)[C@@]3(OC)CC(C)[C@@H](C)[C@@H](C)O3)[C@H]2O[C@H](C[C@H](O)CCCCC/C=C/C(=O)[O-])C1(C)C.[Na+]. The smallest absolute Gasteiger partial charge is 0.545 e. The normalized spacial score (nSPS) is 36.6. The second kappa shape index (κ2) is 17.5. The molecule has 0 aromatic heterocycles. The van der Waals surface area contributed by atoms with Crippen molar-refractivity contribution >= 4 is 11.9 Å². The first-order valence-electron chi connectivity index (χ1n) is 15.5. The average molecular weight is 638 g/mol. The molecule has 248 valence electrons. The zero-order valence-corrected chi connectivity index (χ0v) is 29.7. The number of aliphatic hydroxyl groups is 2. The molecular weight excluding hydrogens is 585 g/mol. The Morgan fingerprint density at radius 3 is 2.41 bits per heavy atom. The minimum absolute atomic E-state index is 0. The number of hydrogen-bond donors (Lipinski definition) is 3. The van der Waals surface area contributed by atoms with Gasteiger partial charge in [-0.2, -0.15) is 0 Å². The molecular formula is C31H52NNaO11. The second-order valence-electron chi connectivity index (χ2n) is 12.9. The number of amides is 1. The summed E-state index contributed by atoms with van der Waals surface area (Å²) in [5.74, 6) is -3.03.